The van der Waals surface area contributed by atoms with Crippen LogP contribution in [-0.2, 0) is 5.92 Å². The molecule has 3 heterocycles. The smallest absolute Gasteiger partial charge is 0.337 e. The number of carboxylic acid groups (broad SMARTS) is 1. The lowest BCUT2D eigenvalue weighted by atomic mass is 9.97. The molecular weight excluding hydrogens is 693 g/mol. The Labute approximate surface area is 313 Å². The van der Waals surface area contributed by atoms with Crippen LogP contribution < -0.4 is 5.32 Å². The number of hydrogen-bond donors (Lipinski definition) is 4. The lowest BCUT2D eigenvalue weighted by Gasteiger charge is -2.15. The number of H-pyrrole nitrogens is 1. The van der Waals surface area contributed by atoms with Gasteiger partial charge in [0.05, 0.1) is 16.8 Å². The number of unbranched alkanes of at least 4 members (excludes halogenated alkanes) is 7. The maximum absolute atomic E-state index is 13.8. The third-order valence-electron chi connectivity index (χ3n) is 9.38. The van der Waals surface area contributed by atoms with Crippen LogP contribution in [0.15, 0.2) is 101 Å². The average Bonchev–Trinajstić information content (AvgIpc) is 3.96. The van der Waals surface area contributed by atoms with Crippen LogP contribution in [0.2, 0.25) is 0 Å². The topological polar surface area (TPSA) is 109 Å². The minimum absolute atomic E-state index is 0.306. The number of fused-ring (bicyclic) bond motifs is 2. The van der Waals surface area contributed by atoms with E-state index in [1.165, 1.54) is 51.0 Å². The number of rotatable bonds is 15. The predicted octanol–water partition coefficient (Wildman–Crippen LogP) is 11.5. The minimum atomic E-state index is -3.03. The second kappa shape index (κ2) is 17.1. The Morgan fingerprint density at radius 3 is 2.40 bits per heavy atom. The summed E-state index contributed by atoms with van der Waals surface area (Å²) < 4.78 is 33.1. The molecule has 53 heavy (non-hydrogen) atoms. The molecule has 0 bridgehead atoms. The summed E-state index contributed by atoms with van der Waals surface area (Å²) in [5.41, 5.74) is 5.49. The molecule has 8 nitrogen and oxygen atoms in total. The molecule has 6 aromatic rings. The Bertz CT molecular complexity index is 2170. The highest BCUT2D eigenvalue weighted by molar-refractivity contribution is 7.80. The minimum Gasteiger partial charge on any atom is -0.478 e. The van der Waals surface area contributed by atoms with Gasteiger partial charge >= 0.3 is 11.9 Å². The summed E-state index contributed by atoms with van der Waals surface area (Å²) in [6, 6.07) is 25.5. The van der Waals surface area contributed by atoms with Gasteiger partial charge in [-0.25, -0.2) is 4.79 Å². The monoisotopic (exact) mass is 737 g/mol. The van der Waals surface area contributed by atoms with E-state index in [0.717, 1.165) is 47.7 Å². The molecule has 7 rings (SSSR count). The zero-order chi connectivity index (χ0) is 37.4. The number of aromatic nitrogens is 4. The first-order valence-corrected chi connectivity index (χ1v) is 18.7. The Hall–Kier alpha value is -5.16. The fourth-order valence-corrected chi connectivity index (χ4v) is 6.97. The molecule has 3 aromatic heterocycles. The number of carbonyl (C=O) groups is 1. The number of anilines is 1. The van der Waals surface area contributed by atoms with Gasteiger partial charge in [0.1, 0.15) is 11.8 Å². The molecule has 0 saturated heterocycles. The molecule has 1 atom stereocenters. The van der Waals surface area contributed by atoms with Crippen molar-refractivity contribution in [3.05, 3.63) is 119 Å². The lowest BCUT2D eigenvalue weighted by molar-refractivity contribution is -0.00560. The molecule has 0 fully saturated rings. The Morgan fingerprint density at radius 1 is 0.962 bits per heavy atom. The maximum atomic E-state index is 13.8. The molecule has 3 aromatic carbocycles. The number of carboxylic acids is 1. The number of nitrogens with zero attached hydrogens (tertiary/aromatic N) is 3. The molecule has 1 aliphatic rings. The van der Waals surface area contributed by atoms with E-state index in [4.69, 9.17) is 4.42 Å². The highest BCUT2D eigenvalue weighted by Crippen LogP contribution is 2.44. The predicted molar refractivity (Wildman–Crippen MR) is 210 cm³/mol. The quantitative estimate of drug-likeness (QED) is 0.0617. The molecule has 1 unspecified atom stereocenters. The van der Waals surface area contributed by atoms with Crippen molar-refractivity contribution in [3.63, 3.8) is 0 Å². The number of nitrogens with one attached hydrogen (secondary N) is 2. The second-order valence-electron chi connectivity index (χ2n) is 13.4. The fourth-order valence-electron chi connectivity index (χ4n) is 6.72. The van der Waals surface area contributed by atoms with Crippen LogP contribution in [0.25, 0.3) is 33.7 Å². The van der Waals surface area contributed by atoms with Crippen molar-refractivity contribution in [2.45, 2.75) is 82.2 Å². The highest BCUT2D eigenvalue weighted by Gasteiger charge is 2.34. The molecule has 1 aliphatic carbocycles. The Balaban J connectivity index is 0.000000213. The normalized spacial score (nSPS) is 13.8. The van der Waals surface area contributed by atoms with Crippen molar-refractivity contribution < 1.29 is 23.1 Å². The number of furan rings is 1. The number of hydrogen-bond acceptors (Lipinski definition) is 6. The van der Waals surface area contributed by atoms with E-state index in [-0.39, 0.29) is 11.8 Å². The maximum Gasteiger partial charge on any atom is 0.337 e. The first-order valence-electron chi connectivity index (χ1n) is 18.2. The molecule has 276 valence electrons. The van der Waals surface area contributed by atoms with Gasteiger partial charge in [-0.1, -0.05) is 113 Å². The summed E-state index contributed by atoms with van der Waals surface area (Å²) in [4.78, 5) is 16.3. The van der Waals surface area contributed by atoms with Gasteiger partial charge in [-0.15, -0.1) is 17.7 Å². The van der Waals surface area contributed by atoms with Crippen LogP contribution >= 0.6 is 12.6 Å². The summed E-state index contributed by atoms with van der Waals surface area (Å²) in [6.45, 7) is 3.93. The van der Waals surface area contributed by atoms with Crippen LogP contribution in [0.1, 0.15) is 104 Å². The summed E-state index contributed by atoms with van der Waals surface area (Å²) in [5, 5.41) is 23.3. The molecular formula is C42H45F2N5O3S. The molecule has 3 N–H and O–H groups in total. The van der Waals surface area contributed by atoms with Gasteiger partial charge in [0.15, 0.2) is 11.6 Å². The average molecular weight is 738 g/mol. The molecule has 0 aliphatic heterocycles. The number of halogens is 2. The van der Waals surface area contributed by atoms with Gasteiger partial charge in [0, 0.05) is 29.9 Å². The van der Waals surface area contributed by atoms with E-state index < -0.39 is 11.9 Å². The molecule has 11 heteroatoms. The van der Waals surface area contributed by atoms with E-state index in [9.17, 15) is 18.7 Å². The Morgan fingerprint density at radius 2 is 1.68 bits per heavy atom. The first-order chi connectivity index (χ1) is 25.6. The third kappa shape index (κ3) is 9.08. The Kier molecular flexibility index (Phi) is 12.1. The number of aromatic amines is 1. The lowest BCUT2D eigenvalue weighted by Crippen LogP contribution is -2.14. The highest BCUT2D eigenvalue weighted by atomic mass is 32.1. The molecule has 0 amide bonds. The van der Waals surface area contributed by atoms with Gasteiger partial charge < -0.3 is 19.8 Å². The summed E-state index contributed by atoms with van der Waals surface area (Å²) in [5.74, 6) is -3.19. The largest absolute Gasteiger partial charge is 0.478 e. The van der Waals surface area contributed by atoms with Gasteiger partial charge in [-0.3, -0.25) is 0 Å². The zero-order valence-corrected chi connectivity index (χ0v) is 30.9. The zero-order valence-electron chi connectivity index (χ0n) is 30.0. The SMILES string of the molecule is CCCCCCCCCCNc1cnn(C2C(c3ccc(C(C)(F)F)o3)=Cc3ccccc32)n1.O=C(O)c1c(-c2ccccc2)ccc2[nH]c(S)cc12. The first kappa shape index (κ1) is 37.6. The van der Waals surface area contributed by atoms with Crippen molar-refractivity contribution in [3.8, 4) is 11.1 Å². The van der Waals surface area contributed by atoms with Crippen molar-refractivity contribution in [2.75, 3.05) is 11.9 Å². The van der Waals surface area contributed by atoms with Crippen LogP contribution in [-0.4, -0.2) is 37.6 Å². The van der Waals surface area contributed by atoms with Crippen LogP contribution in [0.5, 0.6) is 0 Å². The molecule has 0 radical (unpaired) electrons. The fraction of sp³-hybridized carbons (Fsp3) is 0.310. The van der Waals surface area contributed by atoms with Crippen LogP contribution in [0.4, 0.5) is 14.6 Å². The van der Waals surface area contributed by atoms with Crippen molar-refractivity contribution >= 4 is 47.0 Å². The van der Waals surface area contributed by atoms with Gasteiger partial charge in [-0.05, 0) is 59.0 Å². The number of allylic oxidation sites excluding steroid dienone is 1. The third-order valence-corrected chi connectivity index (χ3v) is 9.62. The van der Waals surface area contributed by atoms with E-state index in [2.05, 4.69) is 40.1 Å². The standard InChI is InChI=1S/C27H34F2N4O.C15H11NO2S/c1-3-4-5-6-7-8-9-12-17-30-25-19-31-33(32-25)26-21-14-11-10-13-20(21)18-22(26)23-15-16-24(34-23)27(2,28)29;17-15(18)14-10(9-4-2-1-3-5-9)6-7-12-11(14)8-13(19)16-12/h10-11,13-16,18-19,26H,3-9,12,17H2,1-2H3,(H,30,32);1-8,16,19H,(H,17,18). The number of benzene rings is 3. The van der Waals surface area contributed by atoms with E-state index in [0.29, 0.717) is 33.1 Å². The van der Waals surface area contributed by atoms with E-state index in [1.54, 1.807) is 23.1 Å². The van der Waals surface area contributed by atoms with Crippen molar-refractivity contribution in [2.24, 2.45) is 0 Å². The number of alkyl halides is 2. The van der Waals surface area contributed by atoms with E-state index in [1.807, 2.05) is 72.8 Å². The van der Waals surface area contributed by atoms with Crippen molar-refractivity contribution in [1.29, 1.82) is 0 Å². The summed E-state index contributed by atoms with van der Waals surface area (Å²) >= 11 is 4.23. The molecule has 0 spiro atoms. The van der Waals surface area contributed by atoms with Crippen molar-refractivity contribution in [1.82, 2.24) is 20.0 Å². The van der Waals surface area contributed by atoms with Crippen LogP contribution in [0.3, 0.4) is 0 Å². The summed E-state index contributed by atoms with van der Waals surface area (Å²) in [7, 11) is 0. The van der Waals surface area contributed by atoms with Gasteiger partial charge in [-0.2, -0.15) is 18.7 Å². The van der Waals surface area contributed by atoms with E-state index >= 15 is 0 Å². The number of thiol groups is 1. The van der Waals surface area contributed by atoms with Crippen LogP contribution in [0, 0.1) is 0 Å². The summed E-state index contributed by atoms with van der Waals surface area (Å²) in [6.07, 6.45) is 13.9. The second-order valence-corrected chi connectivity index (χ2v) is 13.9. The number of aromatic carboxylic acids is 1. The van der Waals surface area contributed by atoms with Gasteiger partial charge in [0.25, 0.3) is 0 Å². The molecule has 0 saturated carbocycles. The van der Waals surface area contributed by atoms with Gasteiger partial charge in [0.2, 0.25) is 0 Å².